The summed E-state index contributed by atoms with van der Waals surface area (Å²) in [5.74, 6) is 1.13. The second-order valence-corrected chi connectivity index (χ2v) is 7.13. The van der Waals surface area contributed by atoms with Crippen molar-refractivity contribution >= 4 is 11.9 Å². The Kier molecular flexibility index (Phi) is 4.23. The molecule has 3 aliphatic rings. The number of hydrogen-bond donors (Lipinski definition) is 0. The molecular formula is C17H27NO3. The first-order valence-electron chi connectivity index (χ1n) is 8.51. The van der Waals surface area contributed by atoms with Crippen molar-refractivity contribution in [2.24, 2.45) is 17.8 Å². The third-order valence-corrected chi connectivity index (χ3v) is 5.55. The number of methoxy groups -OCH3 is 1. The highest BCUT2D eigenvalue weighted by molar-refractivity contribution is 5.80. The van der Waals surface area contributed by atoms with Gasteiger partial charge in [0.2, 0.25) is 5.91 Å². The molecule has 0 aromatic carbocycles. The van der Waals surface area contributed by atoms with Crippen molar-refractivity contribution in [1.29, 1.82) is 0 Å². The first kappa shape index (κ1) is 14.9. The van der Waals surface area contributed by atoms with E-state index < -0.39 is 0 Å². The Morgan fingerprint density at radius 3 is 2.00 bits per heavy atom. The number of rotatable bonds is 5. The Morgan fingerprint density at radius 1 is 0.952 bits per heavy atom. The zero-order valence-corrected chi connectivity index (χ0v) is 13.2. The highest BCUT2D eigenvalue weighted by Crippen LogP contribution is 2.41. The van der Waals surface area contributed by atoms with E-state index in [0.29, 0.717) is 18.0 Å². The number of ether oxygens (including phenoxy) is 1. The average Bonchev–Trinajstić information content (AvgIpc) is 3.39. The highest BCUT2D eigenvalue weighted by Gasteiger charge is 2.44. The van der Waals surface area contributed by atoms with E-state index in [1.165, 1.54) is 32.8 Å². The van der Waals surface area contributed by atoms with E-state index in [0.717, 1.165) is 31.6 Å². The van der Waals surface area contributed by atoms with Gasteiger partial charge in [-0.3, -0.25) is 9.59 Å². The molecule has 4 nitrogen and oxygen atoms in total. The monoisotopic (exact) mass is 293 g/mol. The van der Waals surface area contributed by atoms with Crippen LogP contribution in [-0.4, -0.2) is 36.0 Å². The quantitative estimate of drug-likeness (QED) is 0.732. The van der Waals surface area contributed by atoms with Gasteiger partial charge in [0.25, 0.3) is 0 Å². The standard InChI is InChI=1S/C17H27NO3/c1-11(12-3-4-12)18(15-9-10-15)16(19)13-5-7-14(8-6-13)17(20)21-2/h11-15H,3-10H2,1-2H3. The lowest BCUT2D eigenvalue weighted by Gasteiger charge is -2.35. The first-order valence-corrected chi connectivity index (χ1v) is 8.51. The molecular weight excluding hydrogens is 266 g/mol. The van der Waals surface area contributed by atoms with Gasteiger partial charge in [-0.05, 0) is 64.2 Å². The number of carbonyl (C=O) groups is 2. The molecule has 0 spiro atoms. The van der Waals surface area contributed by atoms with Crippen LogP contribution in [-0.2, 0) is 14.3 Å². The lowest BCUT2D eigenvalue weighted by Crippen LogP contribution is -2.45. The molecule has 1 amide bonds. The third-order valence-electron chi connectivity index (χ3n) is 5.55. The minimum absolute atomic E-state index is 0.00859. The molecule has 3 aliphatic carbocycles. The number of esters is 1. The van der Waals surface area contributed by atoms with Crippen molar-refractivity contribution in [2.75, 3.05) is 7.11 Å². The second-order valence-electron chi connectivity index (χ2n) is 7.13. The predicted octanol–water partition coefficient (Wildman–Crippen LogP) is 2.76. The normalized spacial score (nSPS) is 30.6. The summed E-state index contributed by atoms with van der Waals surface area (Å²) in [6.45, 7) is 2.23. The van der Waals surface area contributed by atoms with Gasteiger partial charge in [-0.25, -0.2) is 0 Å². The Balaban J connectivity index is 1.58. The summed E-state index contributed by atoms with van der Waals surface area (Å²) >= 11 is 0. The van der Waals surface area contributed by atoms with E-state index in [1.54, 1.807) is 0 Å². The van der Waals surface area contributed by atoms with Crippen molar-refractivity contribution in [2.45, 2.75) is 70.4 Å². The van der Waals surface area contributed by atoms with E-state index in [-0.39, 0.29) is 17.8 Å². The first-order chi connectivity index (χ1) is 10.1. The second kappa shape index (κ2) is 5.98. The van der Waals surface area contributed by atoms with E-state index >= 15 is 0 Å². The molecule has 1 atom stereocenters. The van der Waals surface area contributed by atoms with Crippen LogP contribution in [0.3, 0.4) is 0 Å². The molecule has 0 heterocycles. The summed E-state index contributed by atoms with van der Waals surface area (Å²) < 4.78 is 4.82. The maximum Gasteiger partial charge on any atom is 0.308 e. The topological polar surface area (TPSA) is 46.6 Å². The van der Waals surface area contributed by atoms with Crippen LogP contribution in [0.2, 0.25) is 0 Å². The predicted molar refractivity (Wildman–Crippen MR) is 79.5 cm³/mol. The zero-order valence-electron chi connectivity index (χ0n) is 13.2. The molecule has 3 rings (SSSR count). The van der Waals surface area contributed by atoms with Gasteiger partial charge < -0.3 is 9.64 Å². The minimum atomic E-state index is -0.105. The van der Waals surface area contributed by atoms with Gasteiger partial charge in [0, 0.05) is 18.0 Å². The van der Waals surface area contributed by atoms with Gasteiger partial charge in [-0.15, -0.1) is 0 Å². The number of nitrogens with zero attached hydrogens (tertiary/aromatic N) is 1. The Morgan fingerprint density at radius 2 is 1.52 bits per heavy atom. The molecule has 0 radical (unpaired) electrons. The highest BCUT2D eigenvalue weighted by atomic mass is 16.5. The summed E-state index contributed by atoms with van der Waals surface area (Å²) in [6, 6.07) is 0.926. The van der Waals surface area contributed by atoms with Crippen molar-refractivity contribution < 1.29 is 14.3 Å². The fourth-order valence-corrected chi connectivity index (χ4v) is 3.83. The summed E-state index contributed by atoms with van der Waals surface area (Å²) in [6.07, 6.45) is 8.23. The summed E-state index contributed by atoms with van der Waals surface area (Å²) in [7, 11) is 1.45. The number of amides is 1. The van der Waals surface area contributed by atoms with Crippen LogP contribution in [0, 0.1) is 17.8 Å². The Hall–Kier alpha value is -1.06. The summed E-state index contributed by atoms with van der Waals surface area (Å²) in [5, 5.41) is 0. The molecule has 0 saturated heterocycles. The smallest absolute Gasteiger partial charge is 0.308 e. The average molecular weight is 293 g/mol. The Labute approximate surface area is 127 Å². The Bertz CT molecular complexity index is 406. The summed E-state index contributed by atoms with van der Waals surface area (Å²) in [4.78, 5) is 26.7. The molecule has 0 bridgehead atoms. The van der Waals surface area contributed by atoms with Gasteiger partial charge in [0.1, 0.15) is 0 Å². The zero-order chi connectivity index (χ0) is 15.0. The van der Waals surface area contributed by atoms with E-state index in [4.69, 9.17) is 4.74 Å². The molecule has 0 aromatic rings. The minimum Gasteiger partial charge on any atom is -0.469 e. The molecule has 21 heavy (non-hydrogen) atoms. The van der Waals surface area contributed by atoms with Gasteiger partial charge in [0.05, 0.1) is 13.0 Å². The SMILES string of the molecule is COC(=O)C1CCC(C(=O)N(C2CC2)C(C)C2CC2)CC1. The number of hydrogen-bond acceptors (Lipinski definition) is 3. The van der Waals surface area contributed by atoms with Crippen molar-refractivity contribution in [3.05, 3.63) is 0 Å². The van der Waals surface area contributed by atoms with Crippen LogP contribution >= 0.6 is 0 Å². The molecule has 1 unspecified atom stereocenters. The lowest BCUT2D eigenvalue weighted by atomic mass is 9.81. The van der Waals surface area contributed by atoms with Gasteiger partial charge in [-0.2, -0.15) is 0 Å². The van der Waals surface area contributed by atoms with Gasteiger partial charge >= 0.3 is 5.97 Å². The molecule has 0 aromatic heterocycles. The largest absolute Gasteiger partial charge is 0.469 e. The maximum atomic E-state index is 12.9. The molecule has 4 heteroatoms. The van der Waals surface area contributed by atoms with Gasteiger partial charge in [-0.1, -0.05) is 0 Å². The molecule has 118 valence electrons. The van der Waals surface area contributed by atoms with Crippen LogP contribution in [0.25, 0.3) is 0 Å². The maximum absolute atomic E-state index is 12.9. The van der Waals surface area contributed by atoms with E-state index in [2.05, 4.69) is 11.8 Å². The van der Waals surface area contributed by atoms with E-state index in [1.807, 2.05) is 0 Å². The van der Waals surface area contributed by atoms with Crippen LogP contribution in [0.4, 0.5) is 0 Å². The van der Waals surface area contributed by atoms with Crippen LogP contribution in [0.15, 0.2) is 0 Å². The molecule has 0 N–H and O–H groups in total. The summed E-state index contributed by atoms with van der Waals surface area (Å²) in [5.41, 5.74) is 0. The fraction of sp³-hybridized carbons (Fsp3) is 0.882. The van der Waals surface area contributed by atoms with Crippen molar-refractivity contribution in [3.8, 4) is 0 Å². The van der Waals surface area contributed by atoms with Crippen LogP contribution in [0.1, 0.15) is 58.3 Å². The van der Waals surface area contributed by atoms with Crippen LogP contribution < -0.4 is 0 Å². The third kappa shape index (κ3) is 3.24. The lowest BCUT2D eigenvalue weighted by molar-refractivity contribution is -0.149. The van der Waals surface area contributed by atoms with Gasteiger partial charge in [0.15, 0.2) is 0 Å². The fourth-order valence-electron chi connectivity index (χ4n) is 3.83. The molecule has 3 fully saturated rings. The van der Waals surface area contributed by atoms with Crippen molar-refractivity contribution in [1.82, 2.24) is 4.90 Å². The van der Waals surface area contributed by atoms with E-state index in [9.17, 15) is 9.59 Å². The van der Waals surface area contributed by atoms with Crippen LogP contribution in [0.5, 0.6) is 0 Å². The molecule has 3 saturated carbocycles. The molecule has 0 aliphatic heterocycles. The van der Waals surface area contributed by atoms with Crippen molar-refractivity contribution in [3.63, 3.8) is 0 Å². The number of carbonyl (C=O) groups excluding carboxylic acids is 2.